The van der Waals surface area contributed by atoms with Gasteiger partial charge in [0.15, 0.2) is 0 Å². The minimum atomic E-state index is -0.678. The fourth-order valence-electron chi connectivity index (χ4n) is 1.77. The van der Waals surface area contributed by atoms with Crippen LogP contribution in [0.2, 0.25) is 0 Å². The number of nitrogens with zero attached hydrogens (tertiary/aromatic N) is 1. The first-order chi connectivity index (χ1) is 8.75. The second-order valence-electron chi connectivity index (χ2n) is 5.22. The second-order valence-corrected chi connectivity index (χ2v) is 5.22. The van der Waals surface area contributed by atoms with E-state index in [1.807, 2.05) is 27.7 Å². The summed E-state index contributed by atoms with van der Waals surface area (Å²) >= 11 is 0. The van der Waals surface area contributed by atoms with E-state index in [4.69, 9.17) is 5.11 Å². The van der Waals surface area contributed by atoms with Crippen LogP contribution in [0.1, 0.15) is 27.7 Å². The molecule has 0 saturated carbocycles. The summed E-state index contributed by atoms with van der Waals surface area (Å²) in [5, 5.41) is 11.7. The summed E-state index contributed by atoms with van der Waals surface area (Å²) in [6.07, 6.45) is 0. The van der Waals surface area contributed by atoms with Crippen LogP contribution in [-0.2, 0) is 9.59 Å². The molecule has 0 aliphatic carbocycles. The SMILES string of the molecule is CCN(C(=O)C(=O)Nc1ccc(O)cc1)C(C)(C)C. The summed E-state index contributed by atoms with van der Waals surface area (Å²) < 4.78 is 0. The smallest absolute Gasteiger partial charge is 0.313 e. The van der Waals surface area contributed by atoms with Crippen molar-refractivity contribution in [3.05, 3.63) is 24.3 Å². The van der Waals surface area contributed by atoms with Crippen LogP contribution in [-0.4, -0.2) is 33.9 Å². The van der Waals surface area contributed by atoms with Crippen molar-refractivity contribution >= 4 is 17.5 Å². The molecule has 19 heavy (non-hydrogen) atoms. The minimum Gasteiger partial charge on any atom is -0.508 e. The molecule has 0 aliphatic rings. The lowest BCUT2D eigenvalue weighted by molar-refractivity contribution is -0.146. The highest BCUT2D eigenvalue weighted by atomic mass is 16.3. The average Bonchev–Trinajstić information content (AvgIpc) is 2.31. The number of hydrogen-bond acceptors (Lipinski definition) is 3. The van der Waals surface area contributed by atoms with Gasteiger partial charge in [-0.25, -0.2) is 0 Å². The van der Waals surface area contributed by atoms with E-state index < -0.39 is 17.4 Å². The van der Waals surface area contributed by atoms with Crippen molar-refractivity contribution in [3.63, 3.8) is 0 Å². The largest absolute Gasteiger partial charge is 0.508 e. The molecule has 5 nitrogen and oxygen atoms in total. The van der Waals surface area contributed by atoms with Crippen LogP contribution in [0, 0.1) is 0 Å². The van der Waals surface area contributed by atoms with Gasteiger partial charge in [0.25, 0.3) is 0 Å². The second kappa shape index (κ2) is 5.73. The predicted octanol–water partition coefficient (Wildman–Crippen LogP) is 1.98. The van der Waals surface area contributed by atoms with E-state index in [2.05, 4.69) is 5.32 Å². The van der Waals surface area contributed by atoms with Crippen LogP contribution in [0.15, 0.2) is 24.3 Å². The molecule has 2 N–H and O–H groups in total. The Morgan fingerprint density at radius 1 is 1.21 bits per heavy atom. The molecule has 2 amide bonds. The van der Waals surface area contributed by atoms with Crippen molar-refractivity contribution in [1.82, 2.24) is 4.90 Å². The highest BCUT2D eigenvalue weighted by molar-refractivity contribution is 6.39. The standard InChI is InChI=1S/C14H20N2O3/c1-5-16(14(2,3)4)13(19)12(18)15-10-6-8-11(17)9-7-10/h6-9,17H,5H2,1-4H3,(H,15,18). The summed E-state index contributed by atoms with van der Waals surface area (Å²) in [6, 6.07) is 5.96. The Bertz CT molecular complexity index is 461. The van der Waals surface area contributed by atoms with Gasteiger partial charge in [0.1, 0.15) is 5.75 Å². The first-order valence-electron chi connectivity index (χ1n) is 6.17. The first kappa shape index (κ1) is 15.0. The highest BCUT2D eigenvalue weighted by Crippen LogP contribution is 2.16. The maximum Gasteiger partial charge on any atom is 0.313 e. The fourth-order valence-corrected chi connectivity index (χ4v) is 1.77. The topological polar surface area (TPSA) is 69.6 Å². The lowest BCUT2D eigenvalue weighted by Gasteiger charge is -2.34. The van der Waals surface area contributed by atoms with E-state index in [1.165, 1.54) is 29.2 Å². The summed E-state index contributed by atoms with van der Waals surface area (Å²) in [5.41, 5.74) is 0.0686. The van der Waals surface area contributed by atoms with Gasteiger partial charge in [-0.1, -0.05) is 0 Å². The number of carbonyl (C=O) groups excluding carboxylic acids is 2. The number of anilines is 1. The minimum absolute atomic E-state index is 0.106. The van der Waals surface area contributed by atoms with Crippen LogP contribution in [0.4, 0.5) is 5.69 Å². The Morgan fingerprint density at radius 3 is 2.16 bits per heavy atom. The van der Waals surface area contributed by atoms with Crippen LogP contribution >= 0.6 is 0 Å². The number of carbonyl (C=O) groups is 2. The fraction of sp³-hybridized carbons (Fsp3) is 0.429. The van der Waals surface area contributed by atoms with Crippen LogP contribution in [0.3, 0.4) is 0 Å². The molecule has 1 aromatic carbocycles. The summed E-state index contributed by atoms with van der Waals surface area (Å²) in [5.74, 6) is -1.14. The molecule has 0 aromatic heterocycles. The molecule has 0 fully saturated rings. The molecule has 0 saturated heterocycles. The van der Waals surface area contributed by atoms with Crippen molar-refractivity contribution in [3.8, 4) is 5.75 Å². The molecule has 0 atom stereocenters. The van der Waals surface area contributed by atoms with Gasteiger partial charge in [-0.15, -0.1) is 0 Å². The number of amides is 2. The molecule has 1 rings (SSSR count). The Labute approximate surface area is 113 Å². The maximum atomic E-state index is 12.1. The lowest BCUT2D eigenvalue weighted by Crippen LogP contribution is -2.49. The van der Waals surface area contributed by atoms with E-state index in [0.717, 1.165) is 0 Å². The molecule has 1 aromatic rings. The Balaban J connectivity index is 2.77. The summed E-state index contributed by atoms with van der Waals surface area (Å²) in [4.78, 5) is 25.4. The Kier molecular flexibility index (Phi) is 4.53. The van der Waals surface area contributed by atoms with E-state index in [1.54, 1.807) is 0 Å². The molecule has 5 heteroatoms. The van der Waals surface area contributed by atoms with Crippen molar-refractivity contribution in [2.75, 3.05) is 11.9 Å². The number of nitrogens with one attached hydrogen (secondary N) is 1. The Morgan fingerprint density at radius 2 is 1.74 bits per heavy atom. The van der Waals surface area contributed by atoms with Gasteiger partial charge in [-0.05, 0) is 52.0 Å². The van der Waals surface area contributed by atoms with Crippen LogP contribution in [0.5, 0.6) is 5.75 Å². The highest BCUT2D eigenvalue weighted by Gasteiger charge is 2.29. The van der Waals surface area contributed by atoms with Gasteiger partial charge in [0, 0.05) is 17.8 Å². The third-order valence-electron chi connectivity index (χ3n) is 2.69. The number of benzene rings is 1. The lowest BCUT2D eigenvalue weighted by atomic mass is 10.1. The molecule has 0 radical (unpaired) electrons. The summed E-state index contributed by atoms with van der Waals surface area (Å²) in [6.45, 7) is 7.93. The quantitative estimate of drug-likeness (QED) is 0.634. The van der Waals surface area contributed by atoms with Gasteiger partial charge in [-0.3, -0.25) is 9.59 Å². The van der Waals surface area contributed by atoms with Crippen LogP contribution < -0.4 is 5.32 Å². The monoisotopic (exact) mass is 264 g/mol. The van der Waals surface area contributed by atoms with Crippen molar-refractivity contribution in [2.45, 2.75) is 33.2 Å². The van der Waals surface area contributed by atoms with Gasteiger partial charge >= 0.3 is 11.8 Å². The molecular weight excluding hydrogens is 244 g/mol. The van der Waals surface area contributed by atoms with Gasteiger partial charge < -0.3 is 15.3 Å². The zero-order valence-electron chi connectivity index (χ0n) is 11.7. The Hall–Kier alpha value is -2.04. The van der Waals surface area contributed by atoms with Crippen molar-refractivity contribution in [1.29, 1.82) is 0 Å². The maximum absolute atomic E-state index is 12.1. The van der Waals surface area contributed by atoms with Gasteiger partial charge in [0.05, 0.1) is 0 Å². The number of phenols is 1. The molecule has 0 spiro atoms. The molecule has 0 aliphatic heterocycles. The molecule has 0 heterocycles. The zero-order valence-corrected chi connectivity index (χ0v) is 11.7. The zero-order chi connectivity index (χ0) is 14.6. The van der Waals surface area contributed by atoms with Gasteiger partial charge in [-0.2, -0.15) is 0 Å². The van der Waals surface area contributed by atoms with E-state index in [0.29, 0.717) is 12.2 Å². The average molecular weight is 264 g/mol. The number of phenolic OH excluding ortho intramolecular Hbond substituents is 1. The third kappa shape index (κ3) is 3.98. The van der Waals surface area contributed by atoms with E-state index >= 15 is 0 Å². The van der Waals surface area contributed by atoms with Crippen molar-refractivity contribution in [2.24, 2.45) is 0 Å². The predicted molar refractivity (Wildman–Crippen MR) is 73.9 cm³/mol. The number of hydrogen-bond donors (Lipinski definition) is 2. The van der Waals surface area contributed by atoms with E-state index in [-0.39, 0.29) is 5.75 Å². The molecular formula is C14H20N2O3. The molecule has 104 valence electrons. The number of likely N-dealkylation sites (N-methyl/N-ethyl adjacent to an activating group) is 1. The van der Waals surface area contributed by atoms with Gasteiger partial charge in [0.2, 0.25) is 0 Å². The first-order valence-corrected chi connectivity index (χ1v) is 6.17. The third-order valence-corrected chi connectivity index (χ3v) is 2.69. The normalized spacial score (nSPS) is 10.9. The number of rotatable bonds is 2. The van der Waals surface area contributed by atoms with Crippen molar-refractivity contribution < 1.29 is 14.7 Å². The molecule has 0 unspecified atom stereocenters. The van der Waals surface area contributed by atoms with E-state index in [9.17, 15) is 9.59 Å². The summed E-state index contributed by atoms with van der Waals surface area (Å²) in [7, 11) is 0. The molecule has 0 bridgehead atoms. The van der Waals surface area contributed by atoms with Crippen LogP contribution in [0.25, 0.3) is 0 Å². The number of aromatic hydroxyl groups is 1.